The minimum absolute atomic E-state index is 0.0586. The van der Waals surface area contributed by atoms with Crippen LogP contribution in [-0.4, -0.2) is 31.8 Å². The van der Waals surface area contributed by atoms with Crippen molar-refractivity contribution in [2.45, 2.75) is 5.22 Å². The maximum atomic E-state index is 13.2. The summed E-state index contributed by atoms with van der Waals surface area (Å²) in [6.45, 7) is 0. The summed E-state index contributed by atoms with van der Waals surface area (Å²) in [5.41, 5.74) is 0.478. The number of carbonyl (C=O) groups excluding carboxylic acids is 1. The van der Waals surface area contributed by atoms with Crippen LogP contribution < -0.4 is 5.32 Å². The third-order valence-electron chi connectivity index (χ3n) is 2.62. The summed E-state index contributed by atoms with van der Waals surface area (Å²) in [4.78, 5) is 19.5. The Morgan fingerprint density at radius 1 is 1.22 bits per heavy atom. The molecule has 0 unspecified atom stereocenters. The molecule has 2 aromatic heterocycles. The number of hydrogen-bond acceptors (Lipinski definition) is 7. The van der Waals surface area contributed by atoms with Crippen molar-refractivity contribution in [1.29, 1.82) is 0 Å². The SMILES string of the molecule is O=C(CSc1nnc(-c2cccc(F)c2)o1)Nc1ncccn1. The highest BCUT2D eigenvalue weighted by Gasteiger charge is 2.12. The monoisotopic (exact) mass is 331 g/mol. The average molecular weight is 331 g/mol. The van der Waals surface area contributed by atoms with Crippen LogP contribution in [0.15, 0.2) is 52.4 Å². The highest BCUT2D eigenvalue weighted by molar-refractivity contribution is 7.99. The van der Waals surface area contributed by atoms with E-state index in [4.69, 9.17) is 4.42 Å². The highest BCUT2D eigenvalue weighted by atomic mass is 32.2. The standard InChI is InChI=1S/C14H10FN5O2S/c15-10-4-1-3-9(7-10)12-19-20-14(22-12)23-8-11(21)18-13-16-5-2-6-17-13/h1-7H,8H2,(H,16,17,18,21). The van der Waals surface area contributed by atoms with Crippen molar-refractivity contribution in [3.63, 3.8) is 0 Å². The van der Waals surface area contributed by atoms with Crippen LogP contribution in [0.5, 0.6) is 0 Å². The molecule has 3 rings (SSSR count). The van der Waals surface area contributed by atoms with E-state index in [1.165, 1.54) is 24.5 Å². The Hall–Kier alpha value is -2.81. The van der Waals surface area contributed by atoms with Gasteiger partial charge in [0.25, 0.3) is 5.22 Å². The van der Waals surface area contributed by atoms with Gasteiger partial charge in [-0.1, -0.05) is 17.8 Å². The first-order valence-corrected chi connectivity index (χ1v) is 7.48. The van der Waals surface area contributed by atoms with Gasteiger partial charge in [0.15, 0.2) is 0 Å². The molecule has 3 aromatic rings. The van der Waals surface area contributed by atoms with Crippen LogP contribution in [-0.2, 0) is 4.79 Å². The third kappa shape index (κ3) is 4.10. The molecular formula is C14H10FN5O2S. The van der Waals surface area contributed by atoms with Crippen molar-refractivity contribution >= 4 is 23.6 Å². The summed E-state index contributed by atoms with van der Waals surface area (Å²) in [6, 6.07) is 7.48. The first-order valence-electron chi connectivity index (χ1n) is 6.50. The van der Waals surface area contributed by atoms with Crippen LogP contribution in [0.25, 0.3) is 11.5 Å². The lowest BCUT2D eigenvalue weighted by Gasteiger charge is -2.00. The zero-order valence-electron chi connectivity index (χ0n) is 11.6. The summed E-state index contributed by atoms with van der Waals surface area (Å²) in [5.74, 6) is -0.213. The van der Waals surface area contributed by atoms with Crippen LogP contribution in [0.2, 0.25) is 0 Å². The van der Waals surface area contributed by atoms with Crippen LogP contribution in [0.4, 0.5) is 10.3 Å². The molecule has 0 atom stereocenters. The highest BCUT2D eigenvalue weighted by Crippen LogP contribution is 2.23. The number of thioether (sulfide) groups is 1. The lowest BCUT2D eigenvalue weighted by Crippen LogP contribution is -2.15. The number of anilines is 1. The Bertz CT molecular complexity index is 812. The topological polar surface area (TPSA) is 93.8 Å². The minimum atomic E-state index is -0.392. The van der Waals surface area contributed by atoms with Gasteiger partial charge >= 0.3 is 0 Å². The fourth-order valence-corrected chi connectivity index (χ4v) is 2.22. The van der Waals surface area contributed by atoms with E-state index in [9.17, 15) is 9.18 Å². The van der Waals surface area contributed by atoms with Crippen molar-refractivity contribution in [1.82, 2.24) is 20.2 Å². The molecule has 23 heavy (non-hydrogen) atoms. The largest absolute Gasteiger partial charge is 0.411 e. The van der Waals surface area contributed by atoms with Gasteiger partial charge in [0.05, 0.1) is 5.75 Å². The maximum Gasteiger partial charge on any atom is 0.277 e. The molecule has 9 heteroatoms. The Labute approximate surface area is 134 Å². The Balaban J connectivity index is 1.58. The second kappa shape index (κ2) is 6.97. The maximum absolute atomic E-state index is 13.2. The van der Waals surface area contributed by atoms with Crippen LogP contribution in [0.1, 0.15) is 0 Å². The molecule has 1 N–H and O–H groups in total. The Morgan fingerprint density at radius 2 is 2.04 bits per heavy atom. The number of carbonyl (C=O) groups is 1. The van der Waals surface area contributed by atoms with E-state index >= 15 is 0 Å². The summed E-state index contributed by atoms with van der Waals surface area (Å²) in [5, 5.41) is 10.4. The number of nitrogens with one attached hydrogen (secondary N) is 1. The van der Waals surface area contributed by atoms with Gasteiger partial charge in [-0.05, 0) is 24.3 Å². The van der Waals surface area contributed by atoms with Gasteiger partial charge in [-0.25, -0.2) is 14.4 Å². The molecule has 2 heterocycles. The summed E-state index contributed by atoms with van der Waals surface area (Å²) in [6.07, 6.45) is 3.05. The van der Waals surface area contributed by atoms with E-state index in [1.54, 1.807) is 18.2 Å². The van der Waals surface area contributed by atoms with E-state index in [2.05, 4.69) is 25.5 Å². The fraction of sp³-hybridized carbons (Fsp3) is 0.0714. The Kier molecular flexibility index (Phi) is 4.57. The van der Waals surface area contributed by atoms with Crippen LogP contribution in [0, 0.1) is 5.82 Å². The van der Waals surface area contributed by atoms with Gasteiger partial charge in [-0.3, -0.25) is 10.1 Å². The van der Waals surface area contributed by atoms with E-state index < -0.39 is 5.82 Å². The number of rotatable bonds is 5. The molecule has 1 amide bonds. The predicted octanol–water partition coefficient (Wildman–Crippen LogP) is 2.40. The molecule has 1 aromatic carbocycles. The van der Waals surface area contributed by atoms with Crippen molar-refractivity contribution in [2.75, 3.05) is 11.1 Å². The smallest absolute Gasteiger partial charge is 0.277 e. The number of halogens is 1. The third-order valence-corrected chi connectivity index (χ3v) is 3.44. The number of hydrogen-bond donors (Lipinski definition) is 1. The van der Waals surface area contributed by atoms with Crippen molar-refractivity contribution in [2.24, 2.45) is 0 Å². The summed E-state index contributed by atoms with van der Waals surface area (Å²) >= 11 is 1.07. The van der Waals surface area contributed by atoms with Gasteiger partial charge in [0, 0.05) is 18.0 Å². The van der Waals surface area contributed by atoms with Gasteiger partial charge in [0.2, 0.25) is 17.7 Å². The van der Waals surface area contributed by atoms with E-state index in [0.29, 0.717) is 5.56 Å². The number of nitrogens with zero attached hydrogens (tertiary/aromatic N) is 4. The second-order valence-electron chi connectivity index (χ2n) is 4.29. The normalized spacial score (nSPS) is 10.5. The van der Waals surface area contributed by atoms with E-state index in [-0.39, 0.29) is 28.7 Å². The Morgan fingerprint density at radius 3 is 2.83 bits per heavy atom. The molecule has 0 aliphatic rings. The summed E-state index contributed by atoms with van der Waals surface area (Å²) < 4.78 is 18.5. The lowest BCUT2D eigenvalue weighted by atomic mass is 10.2. The molecule has 0 radical (unpaired) electrons. The van der Waals surface area contributed by atoms with Crippen LogP contribution >= 0.6 is 11.8 Å². The van der Waals surface area contributed by atoms with Gasteiger partial charge in [0.1, 0.15) is 5.82 Å². The quantitative estimate of drug-likeness (QED) is 0.717. The second-order valence-corrected chi connectivity index (χ2v) is 5.22. The van der Waals surface area contributed by atoms with Crippen molar-refractivity contribution < 1.29 is 13.6 Å². The van der Waals surface area contributed by atoms with Gasteiger partial charge < -0.3 is 4.42 Å². The molecule has 116 valence electrons. The fourth-order valence-electron chi connectivity index (χ4n) is 1.66. The molecule has 0 aliphatic heterocycles. The van der Waals surface area contributed by atoms with E-state index in [1.807, 2.05) is 0 Å². The van der Waals surface area contributed by atoms with Gasteiger partial charge in [-0.2, -0.15) is 0 Å². The number of amides is 1. The number of benzene rings is 1. The molecule has 0 bridgehead atoms. The molecule has 0 saturated carbocycles. The van der Waals surface area contributed by atoms with Crippen molar-refractivity contribution in [3.8, 4) is 11.5 Å². The first kappa shape index (κ1) is 15.1. The summed E-state index contributed by atoms with van der Waals surface area (Å²) in [7, 11) is 0. The molecule has 7 nitrogen and oxygen atoms in total. The lowest BCUT2D eigenvalue weighted by molar-refractivity contribution is -0.113. The molecule has 0 aliphatic carbocycles. The molecule has 0 spiro atoms. The molecule has 0 fully saturated rings. The minimum Gasteiger partial charge on any atom is -0.411 e. The zero-order chi connectivity index (χ0) is 16.1. The molecular weight excluding hydrogens is 321 g/mol. The van der Waals surface area contributed by atoms with Gasteiger partial charge in [-0.15, -0.1) is 10.2 Å². The average Bonchev–Trinajstić information content (AvgIpc) is 3.03. The zero-order valence-corrected chi connectivity index (χ0v) is 12.5. The predicted molar refractivity (Wildman–Crippen MR) is 81.1 cm³/mol. The molecule has 0 saturated heterocycles. The first-order chi connectivity index (χ1) is 11.2. The van der Waals surface area contributed by atoms with E-state index in [0.717, 1.165) is 11.8 Å². The van der Waals surface area contributed by atoms with Crippen molar-refractivity contribution in [3.05, 3.63) is 48.5 Å². The number of aromatic nitrogens is 4. The van der Waals surface area contributed by atoms with Crippen LogP contribution in [0.3, 0.4) is 0 Å².